The SMILES string of the molecule is COc1ccc(F)c([C@]23COC(CO)C[C@H]2S(=O)(=O)C(C)(C)C(=N)N3)c1. The molecule has 0 saturated carbocycles. The molecule has 1 aromatic rings. The van der Waals surface area contributed by atoms with Gasteiger partial charge in [-0.15, -0.1) is 0 Å². The van der Waals surface area contributed by atoms with Crippen molar-refractivity contribution < 1.29 is 27.4 Å². The highest BCUT2D eigenvalue weighted by atomic mass is 32.2. The number of fused-ring (bicyclic) bond motifs is 1. The number of methoxy groups -OCH3 is 1. The minimum Gasteiger partial charge on any atom is -0.497 e. The van der Waals surface area contributed by atoms with Gasteiger partial charge in [-0.2, -0.15) is 0 Å². The van der Waals surface area contributed by atoms with Crippen molar-refractivity contribution >= 4 is 15.7 Å². The molecule has 2 fully saturated rings. The molecule has 0 aromatic heterocycles. The quantitative estimate of drug-likeness (QED) is 0.714. The molecule has 2 aliphatic heterocycles. The van der Waals surface area contributed by atoms with E-state index in [0.717, 1.165) is 0 Å². The molecule has 2 saturated heterocycles. The highest BCUT2D eigenvalue weighted by molar-refractivity contribution is 7.94. The first-order valence-electron chi connectivity index (χ1n) is 8.27. The fourth-order valence-corrected chi connectivity index (χ4v) is 5.95. The summed E-state index contributed by atoms with van der Waals surface area (Å²) in [7, 11) is -2.45. The van der Waals surface area contributed by atoms with Crippen molar-refractivity contribution in [2.45, 2.75) is 41.9 Å². The van der Waals surface area contributed by atoms with Crippen LogP contribution in [0.25, 0.3) is 0 Å². The normalized spacial score (nSPS) is 32.4. The standard InChI is InChI=1S/C17H23FN2O5S/c1-16(2)15(19)20-17(12-6-10(24-3)4-5-13(12)18)9-25-11(8-21)7-14(17)26(16,22)23/h4-6,11,14,21H,7-9H2,1-3H3,(H2,19,20)/t11?,14-,17-/m1/s1. The molecule has 0 aliphatic carbocycles. The molecule has 2 heterocycles. The Balaban J connectivity index is 2.24. The van der Waals surface area contributed by atoms with Crippen LogP contribution >= 0.6 is 0 Å². The van der Waals surface area contributed by atoms with E-state index < -0.39 is 37.3 Å². The molecule has 0 spiro atoms. The lowest BCUT2D eigenvalue weighted by atomic mass is 9.81. The Hall–Kier alpha value is -1.71. The topological polar surface area (TPSA) is 109 Å². The average molecular weight is 386 g/mol. The van der Waals surface area contributed by atoms with E-state index in [0.29, 0.717) is 5.75 Å². The molecule has 3 N–H and O–H groups in total. The lowest BCUT2D eigenvalue weighted by molar-refractivity contribution is -0.0591. The number of halogens is 1. The van der Waals surface area contributed by atoms with E-state index in [1.165, 1.54) is 39.2 Å². The molecule has 0 amide bonds. The second-order valence-electron chi connectivity index (χ2n) is 7.21. The van der Waals surface area contributed by atoms with Gasteiger partial charge >= 0.3 is 0 Å². The fraction of sp³-hybridized carbons (Fsp3) is 0.588. The largest absolute Gasteiger partial charge is 0.497 e. The van der Waals surface area contributed by atoms with Gasteiger partial charge in [-0.05, 0) is 38.5 Å². The molecule has 3 rings (SSSR count). The van der Waals surface area contributed by atoms with Crippen molar-refractivity contribution in [3.63, 3.8) is 0 Å². The van der Waals surface area contributed by atoms with Gasteiger partial charge in [0.2, 0.25) is 0 Å². The Morgan fingerprint density at radius 1 is 1.46 bits per heavy atom. The van der Waals surface area contributed by atoms with E-state index >= 15 is 0 Å². The van der Waals surface area contributed by atoms with Crippen LogP contribution in [0.4, 0.5) is 4.39 Å². The van der Waals surface area contributed by atoms with Crippen molar-refractivity contribution in [3.8, 4) is 5.75 Å². The second-order valence-corrected chi connectivity index (χ2v) is 9.89. The van der Waals surface area contributed by atoms with Gasteiger partial charge in [0.05, 0.1) is 31.7 Å². The second kappa shape index (κ2) is 6.17. The number of nitrogens with one attached hydrogen (secondary N) is 2. The van der Waals surface area contributed by atoms with Crippen LogP contribution in [-0.4, -0.2) is 55.8 Å². The lowest BCUT2D eigenvalue weighted by Gasteiger charge is -2.53. The smallest absolute Gasteiger partial charge is 0.168 e. The molecule has 0 bridgehead atoms. The van der Waals surface area contributed by atoms with E-state index in [1.54, 1.807) is 0 Å². The first-order chi connectivity index (χ1) is 12.1. The Bertz CT molecular complexity index is 842. The van der Waals surface area contributed by atoms with Gasteiger partial charge in [0.15, 0.2) is 9.84 Å². The van der Waals surface area contributed by atoms with Gasteiger partial charge in [-0.25, -0.2) is 12.8 Å². The third-order valence-corrected chi connectivity index (χ3v) is 8.44. The Labute approximate surface area is 151 Å². The minimum atomic E-state index is -3.88. The van der Waals surface area contributed by atoms with Crippen LogP contribution in [-0.2, 0) is 20.1 Å². The van der Waals surface area contributed by atoms with Crippen LogP contribution in [0.15, 0.2) is 18.2 Å². The van der Waals surface area contributed by atoms with Gasteiger partial charge < -0.3 is 19.9 Å². The zero-order valence-corrected chi connectivity index (χ0v) is 15.7. The van der Waals surface area contributed by atoms with Crippen molar-refractivity contribution in [2.24, 2.45) is 0 Å². The Morgan fingerprint density at radius 3 is 2.77 bits per heavy atom. The lowest BCUT2D eigenvalue weighted by Crippen LogP contribution is -2.73. The Kier molecular flexibility index (Phi) is 4.53. The maximum atomic E-state index is 14.7. The van der Waals surface area contributed by atoms with E-state index in [-0.39, 0.29) is 31.0 Å². The van der Waals surface area contributed by atoms with Crippen LogP contribution in [0.5, 0.6) is 5.75 Å². The number of hydrogen-bond acceptors (Lipinski definition) is 6. The number of amidine groups is 1. The van der Waals surface area contributed by atoms with Gasteiger partial charge in [0.1, 0.15) is 27.7 Å². The van der Waals surface area contributed by atoms with E-state index in [9.17, 15) is 17.9 Å². The number of ether oxygens (including phenoxy) is 2. The minimum absolute atomic E-state index is 0.000801. The van der Waals surface area contributed by atoms with Crippen LogP contribution in [0.2, 0.25) is 0 Å². The summed E-state index contributed by atoms with van der Waals surface area (Å²) in [6.07, 6.45) is -0.666. The monoisotopic (exact) mass is 386 g/mol. The summed E-state index contributed by atoms with van der Waals surface area (Å²) >= 11 is 0. The van der Waals surface area contributed by atoms with Crippen LogP contribution < -0.4 is 10.1 Å². The van der Waals surface area contributed by atoms with E-state index in [2.05, 4.69) is 5.32 Å². The summed E-state index contributed by atoms with van der Waals surface area (Å²) in [5.41, 5.74) is -1.39. The molecule has 26 heavy (non-hydrogen) atoms. The molecular weight excluding hydrogens is 363 g/mol. The number of sulfone groups is 1. The van der Waals surface area contributed by atoms with Gasteiger partial charge in [-0.3, -0.25) is 5.41 Å². The summed E-state index contributed by atoms with van der Waals surface area (Å²) in [6, 6.07) is 4.08. The predicted octanol–water partition coefficient (Wildman–Crippen LogP) is 0.953. The third-order valence-electron chi connectivity index (χ3n) is 5.47. The first-order valence-corrected chi connectivity index (χ1v) is 9.82. The van der Waals surface area contributed by atoms with Crippen LogP contribution in [0.3, 0.4) is 0 Å². The molecule has 144 valence electrons. The van der Waals surface area contributed by atoms with Crippen LogP contribution in [0, 0.1) is 11.2 Å². The highest BCUT2D eigenvalue weighted by Gasteiger charge is 2.62. The predicted molar refractivity (Wildman–Crippen MR) is 93.7 cm³/mol. The molecule has 2 aliphatic rings. The molecule has 7 nitrogen and oxygen atoms in total. The third kappa shape index (κ3) is 2.52. The number of aliphatic hydroxyl groups is 1. The molecule has 1 aromatic carbocycles. The van der Waals surface area contributed by atoms with Gasteiger partial charge in [-0.1, -0.05) is 0 Å². The average Bonchev–Trinajstić information content (AvgIpc) is 2.61. The van der Waals surface area contributed by atoms with Gasteiger partial charge in [0, 0.05) is 5.56 Å². The summed E-state index contributed by atoms with van der Waals surface area (Å²) in [6.45, 7) is 2.38. The summed E-state index contributed by atoms with van der Waals surface area (Å²) in [4.78, 5) is 0. The fourth-order valence-electron chi connectivity index (χ4n) is 3.65. The number of aliphatic hydroxyl groups excluding tert-OH is 1. The molecule has 3 atom stereocenters. The van der Waals surface area contributed by atoms with Crippen molar-refractivity contribution in [1.29, 1.82) is 5.41 Å². The number of hydrogen-bond donors (Lipinski definition) is 3. The first kappa shape index (κ1) is 19.1. The summed E-state index contributed by atoms with van der Waals surface area (Å²) < 4.78 is 50.7. The molecule has 1 unspecified atom stereocenters. The maximum Gasteiger partial charge on any atom is 0.168 e. The highest BCUT2D eigenvalue weighted by Crippen LogP contribution is 2.46. The molecular formula is C17H23FN2O5S. The summed E-state index contributed by atoms with van der Waals surface area (Å²) in [5.74, 6) is -0.464. The van der Waals surface area contributed by atoms with Crippen molar-refractivity contribution in [3.05, 3.63) is 29.6 Å². The van der Waals surface area contributed by atoms with Crippen LogP contribution in [0.1, 0.15) is 25.8 Å². The molecule has 0 radical (unpaired) electrons. The van der Waals surface area contributed by atoms with Crippen molar-refractivity contribution in [2.75, 3.05) is 20.3 Å². The zero-order valence-electron chi connectivity index (χ0n) is 14.9. The number of rotatable bonds is 3. The zero-order chi connectivity index (χ0) is 19.3. The van der Waals surface area contributed by atoms with E-state index in [4.69, 9.17) is 14.9 Å². The molecule has 9 heteroatoms. The Morgan fingerprint density at radius 2 is 2.15 bits per heavy atom. The van der Waals surface area contributed by atoms with Gasteiger partial charge in [0.25, 0.3) is 0 Å². The van der Waals surface area contributed by atoms with E-state index in [1.807, 2.05) is 0 Å². The summed E-state index contributed by atoms with van der Waals surface area (Å²) in [5, 5.41) is 19.6. The maximum absolute atomic E-state index is 14.7. The number of benzene rings is 1. The van der Waals surface area contributed by atoms with Crippen molar-refractivity contribution in [1.82, 2.24) is 5.32 Å².